The highest BCUT2D eigenvalue weighted by Gasteiger charge is 2.30. The van der Waals surface area contributed by atoms with Crippen LogP contribution >= 0.6 is 0 Å². The predicted octanol–water partition coefficient (Wildman–Crippen LogP) is 2.69. The molecule has 1 aliphatic heterocycles. The van der Waals surface area contributed by atoms with Gasteiger partial charge in [-0.2, -0.15) is 0 Å². The molecule has 0 bridgehead atoms. The second-order valence-corrected chi connectivity index (χ2v) is 5.41. The van der Waals surface area contributed by atoms with E-state index in [1.54, 1.807) is 17.0 Å². The van der Waals surface area contributed by atoms with E-state index >= 15 is 0 Å². The number of esters is 1. The molecule has 114 valence electrons. The molecule has 2 rings (SSSR count). The Morgan fingerprint density at radius 2 is 2.14 bits per heavy atom. The minimum atomic E-state index is -0.520. The number of likely N-dealkylation sites (tertiary alicyclic amines) is 1. The first-order chi connectivity index (χ1) is 10.0. The van der Waals surface area contributed by atoms with Crippen LogP contribution in [0.4, 0.5) is 4.39 Å². The number of aryl methyl sites for hydroxylation is 1. The van der Waals surface area contributed by atoms with Crippen molar-refractivity contribution in [2.75, 3.05) is 13.7 Å². The highest BCUT2D eigenvalue weighted by molar-refractivity contribution is 5.95. The summed E-state index contributed by atoms with van der Waals surface area (Å²) in [6.07, 6.45) is 2.74. The summed E-state index contributed by atoms with van der Waals surface area (Å²) in [6, 6.07) is 4.29. The lowest BCUT2D eigenvalue weighted by atomic mass is 9.97. The minimum Gasteiger partial charge on any atom is -0.469 e. The number of carbonyl (C=O) groups excluding carboxylic acids is 2. The zero-order valence-corrected chi connectivity index (χ0v) is 12.4. The molecule has 1 fully saturated rings. The fraction of sp³-hybridized carbons (Fsp3) is 0.500. The Labute approximate surface area is 123 Å². The highest BCUT2D eigenvalue weighted by Crippen LogP contribution is 2.23. The number of benzene rings is 1. The van der Waals surface area contributed by atoms with E-state index in [0.717, 1.165) is 24.8 Å². The number of halogens is 1. The summed E-state index contributed by atoms with van der Waals surface area (Å²) < 4.78 is 18.6. The van der Waals surface area contributed by atoms with E-state index in [1.807, 2.05) is 6.92 Å². The molecule has 1 heterocycles. The van der Waals surface area contributed by atoms with Crippen LogP contribution in [0.15, 0.2) is 18.2 Å². The normalized spacial score (nSPS) is 18.4. The lowest BCUT2D eigenvalue weighted by Gasteiger charge is -2.35. The van der Waals surface area contributed by atoms with Gasteiger partial charge in [0.15, 0.2) is 0 Å². The van der Waals surface area contributed by atoms with E-state index in [1.165, 1.54) is 13.2 Å². The average molecular weight is 293 g/mol. The highest BCUT2D eigenvalue weighted by atomic mass is 19.1. The summed E-state index contributed by atoms with van der Waals surface area (Å²) in [5, 5.41) is 0. The third-order valence-corrected chi connectivity index (χ3v) is 3.87. The molecule has 1 amide bonds. The van der Waals surface area contributed by atoms with Crippen LogP contribution in [0.3, 0.4) is 0 Å². The molecule has 0 aliphatic carbocycles. The van der Waals surface area contributed by atoms with Gasteiger partial charge in [-0.1, -0.05) is 11.6 Å². The van der Waals surface area contributed by atoms with Crippen molar-refractivity contribution < 1.29 is 18.7 Å². The molecule has 4 nitrogen and oxygen atoms in total. The van der Waals surface area contributed by atoms with Crippen molar-refractivity contribution in [1.82, 2.24) is 4.90 Å². The molecule has 1 aliphatic rings. The third kappa shape index (κ3) is 3.60. The van der Waals surface area contributed by atoms with Gasteiger partial charge >= 0.3 is 5.97 Å². The van der Waals surface area contributed by atoms with Crippen LogP contribution in [0.5, 0.6) is 0 Å². The second-order valence-electron chi connectivity index (χ2n) is 5.41. The van der Waals surface area contributed by atoms with E-state index in [4.69, 9.17) is 0 Å². The maximum Gasteiger partial charge on any atom is 0.307 e. The van der Waals surface area contributed by atoms with Crippen LogP contribution in [0.2, 0.25) is 0 Å². The number of nitrogens with zero attached hydrogens (tertiary/aromatic N) is 1. The first-order valence-electron chi connectivity index (χ1n) is 7.17. The Balaban J connectivity index is 2.22. The predicted molar refractivity (Wildman–Crippen MR) is 76.4 cm³/mol. The van der Waals surface area contributed by atoms with Crippen molar-refractivity contribution in [3.8, 4) is 0 Å². The molecule has 1 aromatic rings. The zero-order valence-electron chi connectivity index (χ0n) is 12.4. The lowest BCUT2D eigenvalue weighted by Crippen LogP contribution is -2.45. The fourth-order valence-corrected chi connectivity index (χ4v) is 2.71. The van der Waals surface area contributed by atoms with Gasteiger partial charge in [0.25, 0.3) is 5.91 Å². The molecule has 1 unspecified atom stereocenters. The van der Waals surface area contributed by atoms with Gasteiger partial charge in [0, 0.05) is 12.6 Å². The second kappa shape index (κ2) is 6.70. The summed E-state index contributed by atoms with van der Waals surface area (Å²) in [6.45, 7) is 2.37. The largest absolute Gasteiger partial charge is 0.469 e. The van der Waals surface area contributed by atoms with Crippen molar-refractivity contribution in [3.05, 3.63) is 35.1 Å². The van der Waals surface area contributed by atoms with Crippen LogP contribution in [0.25, 0.3) is 0 Å². The number of hydrogen-bond acceptors (Lipinski definition) is 3. The summed E-state index contributed by atoms with van der Waals surface area (Å²) in [4.78, 5) is 25.7. The van der Waals surface area contributed by atoms with Crippen LogP contribution in [0, 0.1) is 12.7 Å². The number of hydrogen-bond donors (Lipinski definition) is 0. The van der Waals surface area contributed by atoms with E-state index in [-0.39, 0.29) is 29.9 Å². The van der Waals surface area contributed by atoms with Gasteiger partial charge in [0.05, 0.1) is 19.1 Å². The van der Waals surface area contributed by atoms with E-state index < -0.39 is 5.82 Å². The topological polar surface area (TPSA) is 46.6 Å². The van der Waals surface area contributed by atoms with Crippen molar-refractivity contribution in [2.24, 2.45) is 0 Å². The molecule has 0 spiro atoms. The molecule has 0 aromatic heterocycles. The molecular formula is C16H20FNO3. The smallest absolute Gasteiger partial charge is 0.307 e. The molecule has 1 aromatic carbocycles. The number of piperidine rings is 1. The third-order valence-electron chi connectivity index (χ3n) is 3.87. The monoisotopic (exact) mass is 293 g/mol. The Morgan fingerprint density at radius 1 is 1.38 bits per heavy atom. The first-order valence-corrected chi connectivity index (χ1v) is 7.17. The van der Waals surface area contributed by atoms with E-state index in [0.29, 0.717) is 6.54 Å². The average Bonchev–Trinajstić information content (AvgIpc) is 2.49. The zero-order chi connectivity index (χ0) is 15.4. The minimum absolute atomic E-state index is 0.0757. The molecule has 1 atom stereocenters. The van der Waals surface area contributed by atoms with Crippen molar-refractivity contribution >= 4 is 11.9 Å². The standard InChI is InChI=1S/C16H20FNO3/c1-11-6-7-14(17)13(9-11)16(20)18-8-4-3-5-12(18)10-15(19)21-2/h6-7,9,12H,3-5,8,10H2,1-2H3. The van der Waals surface area contributed by atoms with E-state index in [2.05, 4.69) is 4.74 Å². The van der Waals surface area contributed by atoms with Crippen LogP contribution < -0.4 is 0 Å². The maximum absolute atomic E-state index is 13.9. The summed E-state index contributed by atoms with van der Waals surface area (Å²) in [5.74, 6) is -1.21. The van der Waals surface area contributed by atoms with Gasteiger partial charge in [-0.05, 0) is 38.3 Å². The van der Waals surface area contributed by atoms with Crippen LogP contribution in [0.1, 0.15) is 41.6 Å². The molecule has 5 heteroatoms. The quantitative estimate of drug-likeness (QED) is 0.805. The number of carbonyl (C=O) groups is 2. The van der Waals surface area contributed by atoms with Gasteiger partial charge in [0.2, 0.25) is 0 Å². The molecule has 21 heavy (non-hydrogen) atoms. The summed E-state index contributed by atoms with van der Waals surface area (Å²) >= 11 is 0. The number of amides is 1. The number of rotatable bonds is 3. The van der Waals surface area contributed by atoms with Gasteiger partial charge in [-0.25, -0.2) is 4.39 Å². The van der Waals surface area contributed by atoms with Gasteiger partial charge < -0.3 is 9.64 Å². The Morgan fingerprint density at radius 3 is 2.86 bits per heavy atom. The first kappa shape index (κ1) is 15.5. The molecule has 0 saturated carbocycles. The van der Waals surface area contributed by atoms with Crippen molar-refractivity contribution in [3.63, 3.8) is 0 Å². The van der Waals surface area contributed by atoms with Crippen molar-refractivity contribution in [2.45, 2.75) is 38.6 Å². The molecule has 0 radical (unpaired) electrons. The maximum atomic E-state index is 13.9. The lowest BCUT2D eigenvalue weighted by molar-refractivity contribution is -0.142. The summed E-state index contributed by atoms with van der Waals surface area (Å²) in [7, 11) is 1.33. The van der Waals surface area contributed by atoms with E-state index in [9.17, 15) is 14.0 Å². The Hall–Kier alpha value is -1.91. The number of methoxy groups -OCH3 is 1. The Kier molecular flexibility index (Phi) is 4.94. The number of ether oxygens (including phenoxy) is 1. The Bertz CT molecular complexity index is 544. The van der Waals surface area contributed by atoms with Gasteiger partial charge in [-0.15, -0.1) is 0 Å². The van der Waals surface area contributed by atoms with Crippen LogP contribution in [-0.4, -0.2) is 36.5 Å². The van der Waals surface area contributed by atoms with Crippen molar-refractivity contribution in [1.29, 1.82) is 0 Å². The summed E-state index contributed by atoms with van der Waals surface area (Å²) in [5.41, 5.74) is 0.910. The molecule has 0 N–H and O–H groups in total. The molecule has 1 saturated heterocycles. The van der Waals surface area contributed by atoms with Gasteiger partial charge in [-0.3, -0.25) is 9.59 Å². The van der Waals surface area contributed by atoms with Gasteiger partial charge in [0.1, 0.15) is 5.82 Å². The van der Waals surface area contributed by atoms with Crippen LogP contribution in [-0.2, 0) is 9.53 Å². The fourth-order valence-electron chi connectivity index (χ4n) is 2.71. The SMILES string of the molecule is COC(=O)CC1CCCCN1C(=O)c1cc(C)ccc1F. The molecular weight excluding hydrogens is 273 g/mol.